The molecule has 0 amide bonds. The zero-order valence-electron chi connectivity index (χ0n) is 10.3. The quantitative estimate of drug-likeness (QED) is 0.365. The van der Waals surface area contributed by atoms with Gasteiger partial charge in [0.2, 0.25) is 0 Å². The minimum Gasteiger partial charge on any atom is -0.382 e. The third-order valence-corrected chi connectivity index (χ3v) is 1.98. The Morgan fingerprint density at radius 3 is 2.47 bits per heavy atom. The molecule has 0 unspecified atom stereocenters. The molecule has 0 aromatic heterocycles. The van der Waals surface area contributed by atoms with Crippen LogP contribution in [-0.2, 0) is 4.74 Å². The highest BCUT2D eigenvalue weighted by atomic mass is 16.5. The van der Waals surface area contributed by atoms with Gasteiger partial charge in [0, 0.05) is 33.4 Å². The van der Waals surface area contributed by atoms with E-state index in [2.05, 4.69) is 22.5 Å². The summed E-state index contributed by atoms with van der Waals surface area (Å²) in [6.07, 6.45) is 3.34. The summed E-state index contributed by atoms with van der Waals surface area (Å²) >= 11 is 0. The van der Waals surface area contributed by atoms with Crippen molar-refractivity contribution >= 4 is 5.96 Å². The second kappa shape index (κ2) is 11.3. The first-order chi connectivity index (χ1) is 7.35. The molecule has 4 nitrogen and oxygen atoms in total. The Kier molecular flexibility index (Phi) is 10.7. The maximum absolute atomic E-state index is 5.26. The Morgan fingerprint density at radius 2 is 1.87 bits per heavy atom. The second-order valence-corrected chi connectivity index (χ2v) is 3.33. The highest BCUT2D eigenvalue weighted by Crippen LogP contribution is 1.88. The number of guanidine groups is 1. The molecule has 0 aliphatic rings. The van der Waals surface area contributed by atoms with Crippen molar-refractivity contribution in [3.8, 4) is 0 Å². The van der Waals surface area contributed by atoms with Gasteiger partial charge >= 0.3 is 0 Å². The number of unbranched alkanes of at least 4 members (excludes halogenated alkanes) is 1. The van der Waals surface area contributed by atoms with Crippen molar-refractivity contribution in [1.82, 2.24) is 10.6 Å². The highest BCUT2D eigenvalue weighted by Gasteiger charge is 1.94. The van der Waals surface area contributed by atoms with Crippen LogP contribution in [0.3, 0.4) is 0 Å². The average molecular weight is 215 g/mol. The van der Waals surface area contributed by atoms with Gasteiger partial charge < -0.3 is 15.4 Å². The predicted octanol–water partition coefficient (Wildman–Crippen LogP) is 1.38. The highest BCUT2D eigenvalue weighted by molar-refractivity contribution is 5.79. The molecule has 0 heterocycles. The topological polar surface area (TPSA) is 45.7 Å². The van der Waals surface area contributed by atoms with E-state index < -0.39 is 0 Å². The molecular formula is C11H25N3O. The van der Waals surface area contributed by atoms with Crippen LogP contribution >= 0.6 is 0 Å². The van der Waals surface area contributed by atoms with E-state index in [1.54, 1.807) is 7.05 Å². The Hall–Kier alpha value is -0.770. The minimum absolute atomic E-state index is 0.813. The second-order valence-electron chi connectivity index (χ2n) is 3.33. The molecule has 0 saturated heterocycles. The van der Waals surface area contributed by atoms with Crippen LogP contribution in [0.5, 0.6) is 0 Å². The lowest BCUT2D eigenvalue weighted by atomic mass is 10.3. The number of aliphatic imine (C=N–C) groups is 1. The number of nitrogens with zero attached hydrogens (tertiary/aromatic N) is 1. The van der Waals surface area contributed by atoms with Crippen molar-refractivity contribution < 1.29 is 4.74 Å². The third-order valence-electron chi connectivity index (χ3n) is 1.98. The van der Waals surface area contributed by atoms with Gasteiger partial charge in [-0.1, -0.05) is 6.92 Å². The van der Waals surface area contributed by atoms with Crippen LogP contribution in [0.2, 0.25) is 0 Å². The van der Waals surface area contributed by atoms with Crippen LogP contribution in [-0.4, -0.2) is 39.3 Å². The van der Waals surface area contributed by atoms with E-state index in [0.29, 0.717) is 0 Å². The van der Waals surface area contributed by atoms with Crippen molar-refractivity contribution in [2.45, 2.75) is 33.1 Å². The van der Waals surface area contributed by atoms with Gasteiger partial charge in [0.15, 0.2) is 5.96 Å². The van der Waals surface area contributed by atoms with E-state index in [4.69, 9.17) is 4.74 Å². The van der Waals surface area contributed by atoms with Gasteiger partial charge in [0.05, 0.1) is 0 Å². The molecule has 0 saturated carbocycles. The molecule has 0 radical (unpaired) electrons. The maximum atomic E-state index is 5.26. The molecule has 0 bridgehead atoms. The summed E-state index contributed by atoms with van der Waals surface area (Å²) < 4.78 is 5.26. The van der Waals surface area contributed by atoms with E-state index in [0.717, 1.165) is 51.5 Å². The fourth-order valence-electron chi connectivity index (χ4n) is 1.14. The Labute approximate surface area is 93.5 Å². The molecule has 0 aromatic carbocycles. The summed E-state index contributed by atoms with van der Waals surface area (Å²) in [7, 11) is 1.80. The van der Waals surface area contributed by atoms with Crippen molar-refractivity contribution in [3.63, 3.8) is 0 Å². The van der Waals surface area contributed by atoms with E-state index in [-0.39, 0.29) is 0 Å². The van der Waals surface area contributed by atoms with Crippen molar-refractivity contribution in [2.75, 3.05) is 33.4 Å². The predicted molar refractivity (Wildman–Crippen MR) is 65.4 cm³/mol. The minimum atomic E-state index is 0.813. The first-order valence-electron chi connectivity index (χ1n) is 5.87. The van der Waals surface area contributed by atoms with Crippen molar-refractivity contribution in [2.24, 2.45) is 4.99 Å². The summed E-state index contributed by atoms with van der Waals surface area (Å²) in [6, 6.07) is 0. The molecule has 0 rings (SSSR count). The molecular weight excluding hydrogens is 190 g/mol. The van der Waals surface area contributed by atoms with E-state index in [1.165, 1.54) is 0 Å². The van der Waals surface area contributed by atoms with Gasteiger partial charge in [-0.2, -0.15) is 0 Å². The molecule has 15 heavy (non-hydrogen) atoms. The zero-order chi connectivity index (χ0) is 11.4. The van der Waals surface area contributed by atoms with Crippen molar-refractivity contribution in [1.29, 1.82) is 0 Å². The van der Waals surface area contributed by atoms with Gasteiger partial charge in [-0.05, 0) is 26.2 Å². The first-order valence-corrected chi connectivity index (χ1v) is 5.87. The molecule has 0 atom stereocenters. The molecule has 0 aromatic rings. The number of hydrogen-bond donors (Lipinski definition) is 2. The van der Waals surface area contributed by atoms with Gasteiger partial charge in [-0.3, -0.25) is 4.99 Å². The van der Waals surface area contributed by atoms with Gasteiger partial charge in [-0.15, -0.1) is 0 Å². The lowest BCUT2D eigenvalue weighted by Gasteiger charge is -2.10. The number of hydrogen-bond acceptors (Lipinski definition) is 2. The molecule has 90 valence electrons. The summed E-state index contributed by atoms with van der Waals surface area (Å²) in [5.41, 5.74) is 0. The summed E-state index contributed by atoms with van der Waals surface area (Å²) in [6.45, 7) is 7.76. The SMILES string of the molecule is CCCNC(=NC)NCCCCOCC. The van der Waals surface area contributed by atoms with Crippen LogP contribution < -0.4 is 10.6 Å². The van der Waals surface area contributed by atoms with Crippen molar-refractivity contribution in [3.05, 3.63) is 0 Å². The van der Waals surface area contributed by atoms with Gasteiger partial charge in [-0.25, -0.2) is 0 Å². The Morgan fingerprint density at radius 1 is 1.13 bits per heavy atom. The number of nitrogens with one attached hydrogen (secondary N) is 2. The first kappa shape index (κ1) is 14.2. The lowest BCUT2D eigenvalue weighted by molar-refractivity contribution is 0.143. The van der Waals surface area contributed by atoms with Crippen LogP contribution in [0.1, 0.15) is 33.1 Å². The van der Waals surface area contributed by atoms with Crippen LogP contribution in [0.4, 0.5) is 0 Å². The largest absolute Gasteiger partial charge is 0.382 e. The monoisotopic (exact) mass is 215 g/mol. The summed E-state index contributed by atoms with van der Waals surface area (Å²) in [4.78, 5) is 4.12. The molecule has 4 heteroatoms. The smallest absolute Gasteiger partial charge is 0.190 e. The summed E-state index contributed by atoms with van der Waals surface area (Å²) in [5.74, 6) is 0.897. The lowest BCUT2D eigenvalue weighted by Crippen LogP contribution is -2.38. The number of rotatable bonds is 8. The average Bonchev–Trinajstić information content (AvgIpc) is 2.27. The molecule has 0 fully saturated rings. The Bertz CT molecular complexity index is 160. The molecule has 0 spiro atoms. The van der Waals surface area contributed by atoms with E-state index in [1.807, 2.05) is 6.92 Å². The molecule has 0 aliphatic heterocycles. The van der Waals surface area contributed by atoms with Crippen LogP contribution in [0.15, 0.2) is 4.99 Å². The molecule has 0 aliphatic carbocycles. The maximum Gasteiger partial charge on any atom is 0.190 e. The normalized spacial score (nSPS) is 11.5. The number of ether oxygens (including phenoxy) is 1. The summed E-state index contributed by atoms with van der Waals surface area (Å²) in [5, 5.41) is 6.49. The van der Waals surface area contributed by atoms with Crippen LogP contribution in [0, 0.1) is 0 Å². The van der Waals surface area contributed by atoms with Crippen LogP contribution in [0.25, 0.3) is 0 Å². The van der Waals surface area contributed by atoms with Gasteiger partial charge in [0.25, 0.3) is 0 Å². The molecule has 2 N–H and O–H groups in total. The fraction of sp³-hybridized carbons (Fsp3) is 0.909. The van der Waals surface area contributed by atoms with E-state index >= 15 is 0 Å². The Balaban J connectivity index is 3.31. The zero-order valence-corrected chi connectivity index (χ0v) is 10.3. The third kappa shape index (κ3) is 9.53. The van der Waals surface area contributed by atoms with Gasteiger partial charge in [0.1, 0.15) is 0 Å². The fourth-order valence-corrected chi connectivity index (χ4v) is 1.14. The standard InChI is InChI=1S/C11H25N3O/c1-4-8-13-11(12-3)14-9-6-7-10-15-5-2/h4-10H2,1-3H3,(H2,12,13,14). The van der Waals surface area contributed by atoms with E-state index in [9.17, 15) is 0 Å².